The highest BCUT2D eigenvalue weighted by Gasteiger charge is 2.45. The van der Waals surface area contributed by atoms with Crippen LogP contribution in [0.5, 0.6) is 0 Å². The van der Waals surface area contributed by atoms with Gasteiger partial charge < -0.3 is 9.47 Å². The zero-order valence-corrected chi connectivity index (χ0v) is 8.42. The standard InChI is InChI=1S/C9H15O4/c1-6-7(10)13-9(4,12-5)8(2,3)11/h6H,1H2,2-5H3. The lowest BCUT2D eigenvalue weighted by Crippen LogP contribution is -2.51. The van der Waals surface area contributed by atoms with Crippen LogP contribution in [0.1, 0.15) is 20.8 Å². The van der Waals surface area contributed by atoms with Crippen molar-refractivity contribution < 1.29 is 19.4 Å². The summed E-state index contributed by atoms with van der Waals surface area (Å²) in [5.74, 6) is -2.15. The molecule has 0 aromatic rings. The van der Waals surface area contributed by atoms with Gasteiger partial charge in [-0.25, -0.2) is 9.90 Å². The molecule has 0 aliphatic rings. The van der Waals surface area contributed by atoms with E-state index in [1.54, 1.807) is 0 Å². The third-order valence-corrected chi connectivity index (χ3v) is 1.95. The van der Waals surface area contributed by atoms with Gasteiger partial charge >= 0.3 is 5.97 Å². The molecule has 0 bridgehead atoms. The predicted octanol–water partition coefficient (Wildman–Crippen LogP) is 1.29. The van der Waals surface area contributed by atoms with Crippen molar-refractivity contribution in [2.24, 2.45) is 0 Å². The van der Waals surface area contributed by atoms with Crippen molar-refractivity contribution in [3.63, 3.8) is 0 Å². The molecule has 0 spiro atoms. The van der Waals surface area contributed by atoms with E-state index in [1.165, 1.54) is 27.9 Å². The molecule has 0 saturated heterocycles. The Morgan fingerprint density at radius 3 is 2.08 bits per heavy atom. The molecule has 1 atom stereocenters. The summed E-state index contributed by atoms with van der Waals surface area (Å²) >= 11 is 0. The third-order valence-electron chi connectivity index (χ3n) is 1.95. The number of methoxy groups -OCH3 is 1. The van der Waals surface area contributed by atoms with Gasteiger partial charge in [-0.3, -0.25) is 0 Å². The van der Waals surface area contributed by atoms with E-state index in [9.17, 15) is 9.90 Å². The quantitative estimate of drug-likeness (QED) is 0.378. The molecule has 0 N–H and O–H groups in total. The first-order chi connectivity index (χ1) is 5.77. The Balaban J connectivity index is 4.65. The number of ether oxygens (including phenoxy) is 2. The van der Waals surface area contributed by atoms with Crippen molar-refractivity contribution in [3.05, 3.63) is 12.7 Å². The van der Waals surface area contributed by atoms with Gasteiger partial charge in [0.05, 0.1) is 0 Å². The van der Waals surface area contributed by atoms with Crippen LogP contribution >= 0.6 is 0 Å². The number of hydrogen-bond acceptors (Lipinski definition) is 3. The molecule has 4 nitrogen and oxygen atoms in total. The second-order valence-electron chi connectivity index (χ2n) is 3.29. The minimum atomic E-state index is -1.53. The Morgan fingerprint density at radius 2 is 1.85 bits per heavy atom. The van der Waals surface area contributed by atoms with Crippen LogP contribution in [0.4, 0.5) is 0 Å². The lowest BCUT2D eigenvalue weighted by atomic mass is 9.99. The maximum atomic E-state index is 11.6. The van der Waals surface area contributed by atoms with Crippen LogP contribution in [0, 0.1) is 0 Å². The lowest BCUT2D eigenvalue weighted by Gasteiger charge is -2.35. The summed E-state index contributed by atoms with van der Waals surface area (Å²) in [7, 11) is 1.32. The number of esters is 1. The van der Waals surface area contributed by atoms with Crippen LogP contribution in [0.2, 0.25) is 0 Å². The van der Waals surface area contributed by atoms with Gasteiger partial charge in [0.25, 0.3) is 0 Å². The Hall–Kier alpha value is -0.870. The van der Waals surface area contributed by atoms with Crippen LogP contribution < -0.4 is 0 Å². The van der Waals surface area contributed by atoms with Gasteiger partial charge in [-0.1, -0.05) is 6.58 Å². The van der Waals surface area contributed by atoms with Crippen molar-refractivity contribution in [2.45, 2.75) is 32.2 Å². The highest BCUT2D eigenvalue weighted by molar-refractivity contribution is 5.81. The van der Waals surface area contributed by atoms with E-state index in [4.69, 9.17) is 9.47 Å². The molecule has 75 valence electrons. The molecule has 0 amide bonds. The van der Waals surface area contributed by atoms with Crippen molar-refractivity contribution in [2.75, 3.05) is 7.11 Å². The van der Waals surface area contributed by atoms with Crippen molar-refractivity contribution in [1.29, 1.82) is 0 Å². The van der Waals surface area contributed by atoms with Gasteiger partial charge in [0.15, 0.2) is 5.60 Å². The van der Waals surface area contributed by atoms with E-state index in [0.29, 0.717) is 0 Å². The predicted molar refractivity (Wildman–Crippen MR) is 46.5 cm³/mol. The SMILES string of the molecule is C=CC(=O)OC(C)(OC)C(C)(C)[O]. The lowest BCUT2D eigenvalue weighted by molar-refractivity contribution is -0.290. The third kappa shape index (κ3) is 2.82. The molecule has 4 heteroatoms. The fraction of sp³-hybridized carbons (Fsp3) is 0.667. The summed E-state index contributed by atoms with van der Waals surface area (Å²) in [5.41, 5.74) is -1.53. The van der Waals surface area contributed by atoms with E-state index in [0.717, 1.165) is 6.08 Å². The normalized spacial score (nSPS) is 16.1. The van der Waals surface area contributed by atoms with Crippen LogP contribution in [-0.4, -0.2) is 24.5 Å². The van der Waals surface area contributed by atoms with E-state index in [2.05, 4.69) is 6.58 Å². The minimum absolute atomic E-state index is 0.673. The van der Waals surface area contributed by atoms with Crippen LogP contribution in [0.15, 0.2) is 12.7 Å². The molecule has 0 fully saturated rings. The summed E-state index contributed by atoms with van der Waals surface area (Å²) in [6.45, 7) is 7.41. The fourth-order valence-corrected chi connectivity index (χ4v) is 0.644. The van der Waals surface area contributed by atoms with E-state index < -0.39 is 17.4 Å². The molecule has 0 aliphatic heterocycles. The second kappa shape index (κ2) is 3.89. The van der Waals surface area contributed by atoms with E-state index in [1.807, 2.05) is 0 Å². The average Bonchev–Trinajstić information content (AvgIpc) is 2.02. The fourth-order valence-electron chi connectivity index (χ4n) is 0.644. The van der Waals surface area contributed by atoms with Crippen molar-refractivity contribution >= 4 is 5.97 Å². The Bertz CT molecular complexity index is 204. The smallest absolute Gasteiger partial charge is 0.332 e. The highest BCUT2D eigenvalue weighted by atomic mass is 16.7. The van der Waals surface area contributed by atoms with Crippen LogP contribution in [0.25, 0.3) is 0 Å². The summed E-state index contributed by atoms with van der Waals surface area (Å²) < 4.78 is 9.68. The number of rotatable bonds is 4. The number of carbonyl (C=O) groups excluding carboxylic acids is 1. The molecule has 0 rings (SSSR count). The topological polar surface area (TPSA) is 55.4 Å². The minimum Gasteiger partial charge on any atom is -0.427 e. The second-order valence-corrected chi connectivity index (χ2v) is 3.29. The average molecular weight is 187 g/mol. The van der Waals surface area contributed by atoms with Gasteiger partial charge in [0, 0.05) is 20.1 Å². The molecular weight excluding hydrogens is 172 g/mol. The zero-order valence-electron chi connectivity index (χ0n) is 8.42. The summed E-state index contributed by atoms with van der Waals surface area (Å²) in [6.07, 6.45) is 0.989. The summed E-state index contributed by atoms with van der Waals surface area (Å²) in [5, 5.41) is 11.6. The van der Waals surface area contributed by atoms with Crippen LogP contribution in [-0.2, 0) is 19.4 Å². The monoisotopic (exact) mass is 187 g/mol. The first-order valence-corrected chi connectivity index (χ1v) is 3.88. The van der Waals surface area contributed by atoms with E-state index in [-0.39, 0.29) is 0 Å². The molecule has 0 heterocycles. The van der Waals surface area contributed by atoms with Crippen LogP contribution in [0.3, 0.4) is 0 Å². The van der Waals surface area contributed by atoms with Gasteiger partial charge in [0.1, 0.15) is 0 Å². The van der Waals surface area contributed by atoms with Gasteiger partial charge in [0.2, 0.25) is 5.79 Å². The maximum Gasteiger partial charge on any atom is 0.332 e. The van der Waals surface area contributed by atoms with Gasteiger partial charge in [-0.2, -0.15) is 0 Å². The van der Waals surface area contributed by atoms with Crippen molar-refractivity contribution in [1.82, 2.24) is 0 Å². The number of carbonyl (C=O) groups is 1. The molecule has 0 aromatic carbocycles. The van der Waals surface area contributed by atoms with Crippen molar-refractivity contribution in [3.8, 4) is 0 Å². The zero-order chi connectivity index (χ0) is 10.7. The maximum absolute atomic E-state index is 11.6. The first-order valence-electron chi connectivity index (χ1n) is 3.88. The van der Waals surface area contributed by atoms with E-state index >= 15 is 0 Å². The molecule has 0 saturated carbocycles. The number of hydrogen-bond donors (Lipinski definition) is 0. The molecule has 0 aliphatic carbocycles. The molecule has 1 radical (unpaired) electrons. The van der Waals surface area contributed by atoms with Gasteiger partial charge in [-0.15, -0.1) is 0 Å². The molecule has 0 aromatic heterocycles. The summed E-state index contributed by atoms with van der Waals surface area (Å²) in [6, 6.07) is 0. The first kappa shape index (κ1) is 12.1. The van der Waals surface area contributed by atoms with Gasteiger partial charge in [-0.05, 0) is 13.8 Å². The molecule has 1 unspecified atom stereocenters. The molecule has 13 heavy (non-hydrogen) atoms. The largest absolute Gasteiger partial charge is 0.427 e. The summed E-state index contributed by atoms with van der Waals surface area (Å²) in [4.78, 5) is 10.9. The molecular formula is C9H15O4. The Labute approximate surface area is 78.2 Å². The Morgan fingerprint density at radius 1 is 1.38 bits per heavy atom. The Kier molecular flexibility index (Phi) is 3.63. The highest BCUT2D eigenvalue weighted by Crippen LogP contribution is 2.27.